The maximum atomic E-state index is 9.79. The van der Waals surface area contributed by atoms with Gasteiger partial charge in [-0.05, 0) is 61.3 Å². The first kappa shape index (κ1) is 12.0. The van der Waals surface area contributed by atoms with Gasteiger partial charge in [0.1, 0.15) is 5.75 Å². The lowest BCUT2D eigenvalue weighted by molar-refractivity contribution is 0.129. The highest BCUT2D eigenvalue weighted by atomic mass is 16.5. The highest BCUT2D eigenvalue weighted by molar-refractivity contribution is 5.39. The Balaban J connectivity index is 1.70. The first-order valence-corrected chi connectivity index (χ1v) is 7.20. The van der Waals surface area contributed by atoms with E-state index in [1.165, 1.54) is 31.2 Å². The van der Waals surface area contributed by atoms with Crippen molar-refractivity contribution in [3.63, 3.8) is 0 Å². The number of rotatable bonds is 2. The molecular weight excluding hydrogens is 224 g/mol. The molecule has 0 bridgehead atoms. The average Bonchev–Trinajstić information content (AvgIpc) is 2.71. The van der Waals surface area contributed by atoms with Gasteiger partial charge in [-0.15, -0.1) is 0 Å². The topological polar surface area (TPSA) is 29.5 Å². The van der Waals surface area contributed by atoms with Crippen molar-refractivity contribution < 1.29 is 9.84 Å². The van der Waals surface area contributed by atoms with E-state index < -0.39 is 0 Å². The number of hydrogen-bond donors (Lipinski definition) is 1. The van der Waals surface area contributed by atoms with Crippen molar-refractivity contribution in [3.8, 4) is 5.75 Å². The van der Waals surface area contributed by atoms with Crippen molar-refractivity contribution in [2.24, 2.45) is 5.92 Å². The Morgan fingerprint density at radius 1 is 1.22 bits per heavy atom. The Labute approximate surface area is 109 Å². The third-order valence-corrected chi connectivity index (χ3v) is 4.35. The summed E-state index contributed by atoms with van der Waals surface area (Å²) in [5.41, 5.74) is 2.36. The van der Waals surface area contributed by atoms with Crippen LogP contribution in [0, 0.1) is 5.92 Å². The first-order valence-electron chi connectivity index (χ1n) is 7.20. The molecule has 0 spiro atoms. The highest BCUT2D eigenvalue weighted by Gasteiger charge is 2.23. The van der Waals surface area contributed by atoms with Crippen molar-refractivity contribution in [1.82, 2.24) is 0 Å². The molecule has 1 fully saturated rings. The lowest BCUT2D eigenvalue weighted by Gasteiger charge is -2.27. The molecule has 1 aromatic rings. The molecule has 1 saturated carbocycles. The first-order chi connectivity index (χ1) is 8.72. The van der Waals surface area contributed by atoms with Crippen LogP contribution < -0.4 is 4.74 Å². The van der Waals surface area contributed by atoms with E-state index in [1.54, 1.807) is 0 Å². The molecule has 1 aromatic carbocycles. The second kappa shape index (κ2) is 4.93. The summed E-state index contributed by atoms with van der Waals surface area (Å²) in [6, 6.07) is 6.19. The van der Waals surface area contributed by atoms with Gasteiger partial charge in [0.05, 0.1) is 12.2 Å². The fourth-order valence-corrected chi connectivity index (χ4v) is 3.32. The largest absolute Gasteiger partial charge is 0.490 e. The quantitative estimate of drug-likeness (QED) is 0.863. The van der Waals surface area contributed by atoms with Crippen LogP contribution in [-0.4, -0.2) is 11.2 Å². The van der Waals surface area contributed by atoms with E-state index in [4.69, 9.17) is 4.74 Å². The molecular formula is C16H22O2. The third kappa shape index (κ3) is 2.39. The maximum absolute atomic E-state index is 9.79. The Kier molecular flexibility index (Phi) is 3.29. The molecule has 0 heterocycles. The van der Waals surface area contributed by atoms with Gasteiger partial charge in [-0.25, -0.2) is 0 Å². The second-order valence-electron chi connectivity index (χ2n) is 5.93. The molecule has 0 aromatic heterocycles. The van der Waals surface area contributed by atoms with Gasteiger partial charge in [0, 0.05) is 0 Å². The van der Waals surface area contributed by atoms with Crippen molar-refractivity contribution in [2.75, 3.05) is 0 Å². The van der Waals surface area contributed by atoms with E-state index in [1.807, 2.05) is 12.1 Å². The van der Waals surface area contributed by atoms with Crippen LogP contribution in [0.4, 0.5) is 0 Å². The number of aryl methyl sites for hydroxylation is 1. The zero-order chi connectivity index (χ0) is 12.5. The maximum Gasteiger partial charge on any atom is 0.120 e. The number of hydrogen-bond acceptors (Lipinski definition) is 2. The molecule has 18 heavy (non-hydrogen) atoms. The van der Waals surface area contributed by atoms with E-state index in [0.29, 0.717) is 6.10 Å². The molecule has 0 saturated heterocycles. The molecule has 3 atom stereocenters. The van der Waals surface area contributed by atoms with Crippen LogP contribution in [0.3, 0.4) is 0 Å². The molecule has 2 unspecified atom stereocenters. The molecule has 0 radical (unpaired) electrons. The molecule has 1 N–H and O–H groups in total. The monoisotopic (exact) mass is 246 g/mol. The molecule has 0 aliphatic heterocycles. The summed E-state index contributed by atoms with van der Waals surface area (Å²) < 4.78 is 6.10. The van der Waals surface area contributed by atoms with Crippen LogP contribution in [0.25, 0.3) is 0 Å². The molecule has 2 aliphatic carbocycles. The molecule has 98 valence electrons. The smallest absolute Gasteiger partial charge is 0.120 e. The van der Waals surface area contributed by atoms with Gasteiger partial charge in [0.2, 0.25) is 0 Å². The van der Waals surface area contributed by atoms with Gasteiger partial charge < -0.3 is 9.84 Å². The van der Waals surface area contributed by atoms with Crippen molar-refractivity contribution in [3.05, 3.63) is 29.3 Å². The fourth-order valence-electron chi connectivity index (χ4n) is 3.32. The van der Waals surface area contributed by atoms with Gasteiger partial charge >= 0.3 is 0 Å². The van der Waals surface area contributed by atoms with E-state index in [2.05, 4.69) is 13.0 Å². The lowest BCUT2D eigenvalue weighted by Crippen LogP contribution is -2.24. The number of ether oxygens (including phenoxy) is 1. The van der Waals surface area contributed by atoms with Gasteiger partial charge in [-0.3, -0.25) is 0 Å². The highest BCUT2D eigenvalue weighted by Crippen LogP contribution is 2.34. The summed E-state index contributed by atoms with van der Waals surface area (Å²) >= 11 is 0. The zero-order valence-corrected chi connectivity index (χ0v) is 11.1. The summed E-state index contributed by atoms with van der Waals surface area (Å²) in [6.07, 6.45) is 6.96. The Morgan fingerprint density at radius 3 is 2.94 bits per heavy atom. The standard InChI is InChI=1S/C16H22O2/c1-11-3-2-4-13(9-11)18-14-6-7-15-12(10-14)5-8-16(15)17/h6-7,10-11,13,16-17H,2-5,8-9H2,1H3/t11?,13?,16-/m1/s1. The van der Waals surface area contributed by atoms with Crippen molar-refractivity contribution in [1.29, 1.82) is 0 Å². The van der Waals surface area contributed by atoms with Gasteiger partial charge in [0.15, 0.2) is 0 Å². The van der Waals surface area contributed by atoms with Crippen LogP contribution >= 0.6 is 0 Å². The van der Waals surface area contributed by atoms with E-state index in [0.717, 1.165) is 30.1 Å². The normalized spacial score (nSPS) is 31.1. The second-order valence-corrected chi connectivity index (χ2v) is 5.93. The predicted octanol–water partition coefficient (Wildman–Crippen LogP) is 3.62. The van der Waals surface area contributed by atoms with Gasteiger partial charge in [-0.1, -0.05) is 19.4 Å². The Hall–Kier alpha value is -1.02. The van der Waals surface area contributed by atoms with Crippen LogP contribution in [0.1, 0.15) is 56.3 Å². The summed E-state index contributed by atoms with van der Waals surface area (Å²) in [4.78, 5) is 0. The number of benzene rings is 1. The van der Waals surface area contributed by atoms with E-state index >= 15 is 0 Å². The lowest BCUT2D eigenvalue weighted by atomic mass is 9.89. The van der Waals surface area contributed by atoms with E-state index in [9.17, 15) is 5.11 Å². The third-order valence-electron chi connectivity index (χ3n) is 4.35. The van der Waals surface area contributed by atoms with Crippen molar-refractivity contribution in [2.45, 2.75) is 57.7 Å². The van der Waals surface area contributed by atoms with Gasteiger partial charge in [-0.2, -0.15) is 0 Å². The SMILES string of the molecule is CC1CCCC(Oc2ccc3c(c2)CC[C@H]3O)C1. The van der Waals surface area contributed by atoms with Crippen LogP contribution in [-0.2, 0) is 6.42 Å². The number of aliphatic hydroxyl groups is 1. The summed E-state index contributed by atoms with van der Waals surface area (Å²) in [5, 5.41) is 9.79. The minimum absolute atomic E-state index is 0.260. The van der Waals surface area contributed by atoms with Crippen LogP contribution in [0.2, 0.25) is 0 Å². The molecule has 2 heteroatoms. The minimum Gasteiger partial charge on any atom is -0.490 e. The van der Waals surface area contributed by atoms with Gasteiger partial charge in [0.25, 0.3) is 0 Å². The Morgan fingerprint density at radius 2 is 2.11 bits per heavy atom. The van der Waals surface area contributed by atoms with E-state index in [-0.39, 0.29) is 6.10 Å². The average molecular weight is 246 g/mol. The zero-order valence-electron chi connectivity index (χ0n) is 11.1. The summed E-state index contributed by atoms with van der Waals surface area (Å²) in [6.45, 7) is 2.31. The number of aliphatic hydroxyl groups excluding tert-OH is 1. The van der Waals surface area contributed by atoms with Crippen LogP contribution in [0.5, 0.6) is 5.75 Å². The predicted molar refractivity (Wildman–Crippen MR) is 71.8 cm³/mol. The van der Waals surface area contributed by atoms with Crippen LogP contribution in [0.15, 0.2) is 18.2 Å². The minimum atomic E-state index is -0.260. The fraction of sp³-hybridized carbons (Fsp3) is 0.625. The Bertz CT molecular complexity index is 427. The summed E-state index contributed by atoms with van der Waals surface area (Å²) in [7, 11) is 0. The number of fused-ring (bicyclic) bond motifs is 1. The van der Waals surface area contributed by atoms with Crippen molar-refractivity contribution >= 4 is 0 Å². The summed E-state index contributed by atoms with van der Waals surface area (Å²) in [5.74, 6) is 1.78. The molecule has 3 rings (SSSR count). The molecule has 2 aliphatic rings. The molecule has 0 amide bonds. The molecule has 2 nitrogen and oxygen atoms in total.